The first-order chi connectivity index (χ1) is 10.3. The highest BCUT2D eigenvalue weighted by molar-refractivity contribution is 5.69. The normalized spacial score (nSPS) is 12.5. The topological polar surface area (TPSA) is 52.2 Å². The van der Waals surface area contributed by atoms with Crippen LogP contribution in [0.4, 0.5) is 5.69 Å². The molecule has 4 heteroatoms. The lowest BCUT2D eigenvalue weighted by molar-refractivity contribution is 0.271. The lowest BCUT2D eigenvalue weighted by atomic mass is 10.1. The molecule has 0 atom stereocenters. The van der Waals surface area contributed by atoms with Crippen molar-refractivity contribution in [3.05, 3.63) is 53.2 Å². The summed E-state index contributed by atoms with van der Waals surface area (Å²) in [5.41, 5.74) is 4.27. The molecule has 2 heterocycles. The number of aliphatic hydroxyl groups is 1. The van der Waals surface area contributed by atoms with Crippen LogP contribution in [0.3, 0.4) is 0 Å². The molecule has 1 radical (unpaired) electrons. The maximum absolute atomic E-state index is 9.50. The van der Waals surface area contributed by atoms with Crippen LogP contribution < -0.4 is 5.32 Å². The van der Waals surface area contributed by atoms with Gasteiger partial charge in [-0.25, -0.2) is 4.98 Å². The number of nitrogens with zero attached hydrogens (tertiary/aromatic N) is 3. The largest absolute Gasteiger partial charge is 0.390 e. The average molecular weight is 282 g/mol. The van der Waals surface area contributed by atoms with E-state index in [1.54, 1.807) is 6.20 Å². The van der Waals surface area contributed by atoms with Crippen molar-refractivity contribution < 1.29 is 5.11 Å². The van der Waals surface area contributed by atoms with Crippen molar-refractivity contribution in [3.63, 3.8) is 0 Å². The first-order valence-electron chi connectivity index (χ1n) is 7.46. The number of unbranched alkanes of at least 4 members (excludes halogenated alkanes) is 1. The van der Waals surface area contributed by atoms with Crippen LogP contribution in [0.15, 0.2) is 30.6 Å². The Morgan fingerprint density at radius 3 is 3.00 bits per heavy atom. The highest BCUT2D eigenvalue weighted by Gasteiger charge is 2.11. The zero-order chi connectivity index (χ0) is 14.7. The van der Waals surface area contributed by atoms with Gasteiger partial charge in [-0.2, -0.15) is 0 Å². The van der Waals surface area contributed by atoms with Crippen LogP contribution in [-0.2, 0) is 19.6 Å². The van der Waals surface area contributed by atoms with Crippen LogP contribution >= 0.6 is 0 Å². The van der Waals surface area contributed by atoms with Crippen molar-refractivity contribution in [1.29, 1.82) is 0 Å². The van der Waals surface area contributed by atoms with Crippen LogP contribution in [0, 0.1) is 0 Å². The van der Waals surface area contributed by atoms with Crippen molar-refractivity contribution in [2.75, 3.05) is 0 Å². The SMILES string of the molecule is CCCCc1ncc(CO)n1Cc1ccc2c(c1)C=C[N]2. The number of aromatic nitrogens is 2. The van der Waals surface area contributed by atoms with E-state index in [0.29, 0.717) is 0 Å². The summed E-state index contributed by atoms with van der Waals surface area (Å²) in [7, 11) is 0. The van der Waals surface area contributed by atoms with E-state index in [1.165, 1.54) is 5.56 Å². The lowest BCUT2D eigenvalue weighted by Crippen LogP contribution is -2.09. The van der Waals surface area contributed by atoms with Crippen molar-refractivity contribution in [3.8, 4) is 0 Å². The van der Waals surface area contributed by atoms with Crippen molar-refractivity contribution in [2.24, 2.45) is 0 Å². The van der Waals surface area contributed by atoms with Crippen LogP contribution in [0.2, 0.25) is 0 Å². The molecule has 1 aliphatic heterocycles. The van der Waals surface area contributed by atoms with Crippen molar-refractivity contribution >= 4 is 11.8 Å². The molecule has 0 aliphatic carbocycles. The number of hydrogen-bond donors (Lipinski definition) is 1. The summed E-state index contributed by atoms with van der Waals surface area (Å²) < 4.78 is 2.13. The zero-order valence-corrected chi connectivity index (χ0v) is 12.3. The molecular weight excluding hydrogens is 262 g/mol. The van der Waals surface area contributed by atoms with Gasteiger partial charge in [-0.05, 0) is 30.2 Å². The molecule has 0 spiro atoms. The Morgan fingerprint density at radius 2 is 2.19 bits per heavy atom. The fourth-order valence-corrected chi connectivity index (χ4v) is 2.64. The smallest absolute Gasteiger partial charge is 0.109 e. The second-order valence-corrected chi connectivity index (χ2v) is 5.35. The number of fused-ring (bicyclic) bond motifs is 1. The monoisotopic (exact) mass is 282 g/mol. The summed E-state index contributed by atoms with van der Waals surface area (Å²) in [6.07, 6.45) is 8.86. The minimum absolute atomic E-state index is 0.0271. The number of aryl methyl sites for hydroxylation is 1. The van der Waals surface area contributed by atoms with E-state index in [4.69, 9.17) is 0 Å². The fourth-order valence-electron chi connectivity index (χ4n) is 2.64. The Morgan fingerprint density at radius 1 is 1.29 bits per heavy atom. The molecule has 1 N–H and O–H groups in total. The molecule has 3 rings (SSSR count). The van der Waals surface area contributed by atoms with E-state index in [0.717, 1.165) is 48.6 Å². The van der Waals surface area contributed by atoms with E-state index in [9.17, 15) is 5.11 Å². The Labute approximate surface area is 125 Å². The van der Waals surface area contributed by atoms with Crippen molar-refractivity contribution in [2.45, 2.75) is 39.3 Å². The molecule has 0 bridgehead atoms. The lowest BCUT2D eigenvalue weighted by Gasteiger charge is -2.12. The highest BCUT2D eigenvalue weighted by atomic mass is 16.3. The van der Waals surface area contributed by atoms with Gasteiger partial charge < -0.3 is 9.67 Å². The third-order valence-electron chi connectivity index (χ3n) is 3.84. The molecular formula is C17H20N3O. The molecule has 4 nitrogen and oxygen atoms in total. The van der Waals surface area contributed by atoms with Gasteiger partial charge in [0, 0.05) is 24.7 Å². The molecule has 0 saturated heterocycles. The van der Waals surface area contributed by atoms with E-state index < -0.39 is 0 Å². The molecule has 0 saturated carbocycles. The molecule has 1 aromatic carbocycles. The van der Waals surface area contributed by atoms with Gasteiger partial charge in [0.15, 0.2) is 0 Å². The molecule has 0 fully saturated rings. The highest BCUT2D eigenvalue weighted by Crippen LogP contribution is 2.25. The molecule has 1 aromatic heterocycles. The zero-order valence-electron chi connectivity index (χ0n) is 12.3. The minimum atomic E-state index is 0.0271. The first kappa shape index (κ1) is 13.9. The van der Waals surface area contributed by atoms with Gasteiger partial charge in [0.05, 0.1) is 24.2 Å². The second kappa shape index (κ2) is 6.14. The van der Waals surface area contributed by atoms with Crippen LogP contribution in [0.25, 0.3) is 6.08 Å². The number of imidazole rings is 1. The van der Waals surface area contributed by atoms with Crippen LogP contribution in [0.1, 0.15) is 42.4 Å². The fraction of sp³-hybridized carbons (Fsp3) is 0.353. The number of rotatable bonds is 6. The number of benzene rings is 1. The summed E-state index contributed by atoms with van der Waals surface area (Å²) in [4.78, 5) is 4.46. The second-order valence-electron chi connectivity index (χ2n) is 5.35. The third-order valence-corrected chi connectivity index (χ3v) is 3.84. The van der Waals surface area contributed by atoms with Crippen LogP contribution in [0.5, 0.6) is 0 Å². The van der Waals surface area contributed by atoms with Gasteiger partial charge in [0.25, 0.3) is 0 Å². The van der Waals surface area contributed by atoms with Gasteiger partial charge in [0.1, 0.15) is 5.82 Å². The summed E-state index contributed by atoms with van der Waals surface area (Å²) in [6.45, 7) is 2.95. The van der Waals surface area contributed by atoms with Crippen LogP contribution in [-0.4, -0.2) is 14.7 Å². The Bertz CT molecular complexity index is 658. The molecule has 21 heavy (non-hydrogen) atoms. The molecule has 109 valence electrons. The summed E-state index contributed by atoms with van der Waals surface area (Å²) in [5.74, 6) is 1.06. The molecule has 0 unspecified atom stereocenters. The van der Waals surface area contributed by atoms with E-state index in [-0.39, 0.29) is 6.61 Å². The van der Waals surface area contributed by atoms with E-state index >= 15 is 0 Å². The Hall–Kier alpha value is -2.07. The summed E-state index contributed by atoms with van der Waals surface area (Å²) >= 11 is 0. The van der Waals surface area contributed by atoms with Crippen molar-refractivity contribution in [1.82, 2.24) is 14.9 Å². The Balaban J connectivity index is 1.86. The standard InChI is InChI=1S/C17H20N3O/c1-2-3-4-17-19-10-15(12-21)20(17)11-13-5-6-16-14(9-13)7-8-18-16/h5-10,21H,2-4,11-12H2,1H3. The van der Waals surface area contributed by atoms with E-state index in [2.05, 4.69) is 33.9 Å². The minimum Gasteiger partial charge on any atom is -0.390 e. The van der Waals surface area contributed by atoms with Gasteiger partial charge in [-0.15, -0.1) is 0 Å². The van der Waals surface area contributed by atoms with Gasteiger partial charge in [-0.1, -0.05) is 19.4 Å². The predicted octanol–water partition coefficient (Wildman–Crippen LogP) is 2.99. The summed E-state index contributed by atoms with van der Waals surface area (Å²) in [5, 5.41) is 13.8. The maximum Gasteiger partial charge on any atom is 0.109 e. The Kier molecular flexibility index (Phi) is 4.06. The predicted molar refractivity (Wildman–Crippen MR) is 83.1 cm³/mol. The summed E-state index contributed by atoms with van der Waals surface area (Å²) in [6, 6.07) is 6.30. The first-order valence-corrected chi connectivity index (χ1v) is 7.46. The molecule has 0 amide bonds. The molecule has 1 aliphatic rings. The number of hydrogen-bond acceptors (Lipinski definition) is 2. The van der Waals surface area contributed by atoms with Gasteiger partial charge in [-0.3, -0.25) is 5.32 Å². The van der Waals surface area contributed by atoms with Gasteiger partial charge in [0.2, 0.25) is 0 Å². The third kappa shape index (κ3) is 2.85. The quantitative estimate of drug-likeness (QED) is 0.885. The van der Waals surface area contributed by atoms with E-state index in [1.807, 2.05) is 18.3 Å². The van der Waals surface area contributed by atoms with Gasteiger partial charge >= 0.3 is 0 Å². The number of aliphatic hydroxyl groups excluding tert-OH is 1. The average Bonchev–Trinajstić information content (AvgIpc) is 3.11. The molecule has 2 aromatic rings. The maximum atomic E-state index is 9.50.